The van der Waals surface area contributed by atoms with Gasteiger partial charge in [0.05, 0.1) is 7.11 Å². The smallest absolute Gasteiger partial charge is 0.127 e. The number of piperazine rings is 1. The highest BCUT2D eigenvalue weighted by Crippen LogP contribution is 2.39. The number of hydrogen-bond acceptors (Lipinski definition) is 4. The van der Waals surface area contributed by atoms with E-state index in [-0.39, 0.29) is 5.75 Å². The molecule has 1 aliphatic heterocycles. The highest BCUT2D eigenvalue weighted by Gasteiger charge is 2.19. The van der Waals surface area contributed by atoms with Gasteiger partial charge >= 0.3 is 0 Å². The Balaban J connectivity index is 1.96. The number of ether oxygens (including phenoxy) is 1. The number of phenols is 1. The monoisotopic (exact) mass is 354 g/mol. The van der Waals surface area contributed by atoms with Gasteiger partial charge < -0.3 is 14.7 Å². The Hall–Kier alpha value is -2.04. The molecular weight excluding hydrogens is 324 g/mol. The predicted molar refractivity (Wildman–Crippen MR) is 107 cm³/mol. The van der Waals surface area contributed by atoms with Gasteiger partial charge in [0.15, 0.2) is 0 Å². The van der Waals surface area contributed by atoms with Crippen molar-refractivity contribution in [1.29, 1.82) is 0 Å². The Morgan fingerprint density at radius 1 is 1.04 bits per heavy atom. The topological polar surface area (TPSA) is 35.9 Å². The first-order valence-electron chi connectivity index (χ1n) is 9.39. The number of benzene rings is 2. The molecule has 1 saturated heterocycles. The van der Waals surface area contributed by atoms with Crippen LogP contribution in [0.25, 0.3) is 11.1 Å². The van der Waals surface area contributed by atoms with E-state index in [1.54, 1.807) is 13.2 Å². The third-order valence-corrected chi connectivity index (χ3v) is 5.27. The molecule has 0 aromatic heterocycles. The van der Waals surface area contributed by atoms with Gasteiger partial charge in [0.2, 0.25) is 0 Å². The first-order chi connectivity index (χ1) is 12.5. The van der Waals surface area contributed by atoms with Crippen LogP contribution in [0.3, 0.4) is 0 Å². The van der Waals surface area contributed by atoms with Crippen molar-refractivity contribution in [3.05, 3.63) is 47.5 Å². The van der Waals surface area contributed by atoms with E-state index >= 15 is 0 Å². The van der Waals surface area contributed by atoms with E-state index in [9.17, 15) is 5.11 Å². The Kier molecular flexibility index (Phi) is 5.84. The lowest BCUT2D eigenvalue weighted by Gasteiger charge is -2.32. The number of phenolic OH excluding ortho intramolecular Hbond substituents is 1. The van der Waals surface area contributed by atoms with Gasteiger partial charge in [-0.3, -0.25) is 4.90 Å². The van der Waals surface area contributed by atoms with Crippen molar-refractivity contribution in [3.63, 3.8) is 0 Å². The summed E-state index contributed by atoms with van der Waals surface area (Å²) in [5.41, 5.74) is 4.37. The average molecular weight is 354 g/mol. The van der Waals surface area contributed by atoms with Crippen LogP contribution in [-0.4, -0.2) is 55.2 Å². The van der Waals surface area contributed by atoms with E-state index in [0.29, 0.717) is 5.92 Å². The normalized spacial score (nSPS) is 16.2. The lowest BCUT2D eigenvalue weighted by molar-refractivity contribution is 0.148. The highest BCUT2D eigenvalue weighted by molar-refractivity contribution is 5.75. The molecule has 26 heavy (non-hydrogen) atoms. The summed E-state index contributed by atoms with van der Waals surface area (Å²) in [7, 11) is 3.83. The maximum atomic E-state index is 10.6. The molecule has 4 nitrogen and oxygen atoms in total. The zero-order valence-corrected chi connectivity index (χ0v) is 16.3. The van der Waals surface area contributed by atoms with Gasteiger partial charge in [0.1, 0.15) is 11.5 Å². The fraction of sp³-hybridized carbons (Fsp3) is 0.455. The largest absolute Gasteiger partial charge is 0.507 e. The number of methoxy groups -OCH3 is 1. The third kappa shape index (κ3) is 4.02. The molecule has 0 amide bonds. The van der Waals surface area contributed by atoms with E-state index in [4.69, 9.17) is 4.74 Å². The number of hydrogen-bond donors (Lipinski definition) is 1. The van der Waals surface area contributed by atoms with Crippen LogP contribution < -0.4 is 4.74 Å². The average Bonchev–Trinajstić information content (AvgIpc) is 2.63. The van der Waals surface area contributed by atoms with E-state index in [1.165, 1.54) is 5.56 Å². The SMILES string of the molecule is COc1cc(O)c(-c2ccccc2CN2CCN(C)CC2)cc1C(C)C. The Bertz CT molecular complexity index is 750. The maximum Gasteiger partial charge on any atom is 0.127 e. The van der Waals surface area contributed by atoms with Crippen molar-refractivity contribution in [3.8, 4) is 22.6 Å². The molecule has 0 aliphatic carbocycles. The summed E-state index contributed by atoms with van der Waals surface area (Å²) in [5, 5.41) is 10.6. The van der Waals surface area contributed by atoms with Crippen LogP contribution in [0.15, 0.2) is 36.4 Å². The zero-order chi connectivity index (χ0) is 18.7. The first-order valence-corrected chi connectivity index (χ1v) is 9.39. The summed E-state index contributed by atoms with van der Waals surface area (Å²) in [6.45, 7) is 9.57. The summed E-state index contributed by atoms with van der Waals surface area (Å²) in [4.78, 5) is 4.86. The molecular formula is C22H30N2O2. The fourth-order valence-corrected chi connectivity index (χ4v) is 3.60. The lowest BCUT2D eigenvalue weighted by Crippen LogP contribution is -2.43. The number of rotatable bonds is 5. The Labute approximate surface area is 157 Å². The van der Waals surface area contributed by atoms with Gasteiger partial charge in [0, 0.05) is 44.4 Å². The van der Waals surface area contributed by atoms with Crippen molar-refractivity contribution in [2.45, 2.75) is 26.3 Å². The summed E-state index contributed by atoms with van der Waals surface area (Å²) in [5.74, 6) is 1.35. The molecule has 0 atom stereocenters. The molecule has 0 radical (unpaired) electrons. The Morgan fingerprint density at radius 2 is 1.73 bits per heavy atom. The second-order valence-electron chi connectivity index (χ2n) is 7.50. The van der Waals surface area contributed by atoms with E-state index in [0.717, 1.165) is 55.2 Å². The molecule has 1 fully saturated rings. The van der Waals surface area contributed by atoms with Gasteiger partial charge in [-0.1, -0.05) is 38.1 Å². The van der Waals surface area contributed by atoms with Crippen LogP contribution in [0.5, 0.6) is 11.5 Å². The molecule has 140 valence electrons. The first kappa shape index (κ1) is 18.7. The minimum absolute atomic E-state index is 0.275. The van der Waals surface area contributed by atoms with Crippen molar-refractivity contribution in [2.24, 2.45) is 0 Å². The third-order valence-electron chi connectivity index (χ3n) is 5.27. The van der Waals surface area contributed by atoms with Gasteiger partial charge in [-0.05, 0) is 35.7 Å². The molecule has 0 unspecified atom stereocenters. The van der Waals surface area contributed by atoms with E-state index in [1.807, 2.05) is 6.07 Å². The van der Waals surface area contributed by atoms with E-state index < -0.39 is 0 Å². The van der Waals surface area contributed by atoms with Crippen LogP contribution in [0.4, 0.5) is 0 Å². The van der Waals surface area contributed by atoms with Gasteiger partial charge in [-0.2, -0.15) is 0 Å². The summed E-state index contributed by atoms with van der Waals surface area (Å²) in [6, 6.07) is 12.2. The maximum absolute atomic E-state index is 10.6. The highest BCUT2D eigenvalue weighted by atomic mass is 16.5. The molecule has 0 bridgehead atoms. The molecule has 1 heterocycles. The molecule has 1 aliphatic rings. The van der Waals surface area contributed by atoms with Crippen LogP contribution in [-0.2, 0) is 6.54 Å². The van der Waals surface area contributed by atoms with Gasteiger partial charge in [-0.15, -0.1) is 0 Å². The Morgan fingerprint density at radius 3 is 2.38 bits per heavy atom. The summed E-state index contributed by atoms with van der Waals surface area (Å²) in [6.07, 6.45) is 0. The van der Waals surface area contributed by atoms with Crippen LogP contribution in [0.1, 0.15) is 30.9 Å². The van der Waals surface area contributed by atoms with E-state index in [2.05, 4.69) is 55.0 Å². The minimum atomic E-state index is 0.275. The number of aromatic hydroxyl groups is 1. The standard InChI is InChI=1S/C22H30N2O2/c1-16(2)19-13-20(21(25)14-22(19)26-4)18-8-6-5-7-17(18)15-24-11-9-23(3)10-12-24/h5-8,13-14,16,25H,9-12,15H2,1-4H3. The summed E-state index contributed by atoms with van der Waals surface area (Å²) >= 11 is 0. The minimum Gasteiger partial charge on any atom is -0.507 e. The molecule has 1 N–H and O–H groups in total. The van der Waals surface area contributed by atoms with Crippen LogP contribution >= 0.6 is 0 Å². The molecule has 0 spiro atoms. The zero-order valence-electron chi connectivity index (χ0n) is 16.3. The van der Waals surface area contributed by atoms with Crippen LogP contribution in [0.2, 0.25) is 0 Å². The van der Waals surface area contributed by atoms with Crippen molar-refractivity contribution >= 4 is 0 Å². The molecule has 0 saturated carbocycles. The molecule has 2 aromatic carbocycles. The van der Waals surface area contributed by atoms with Gasteiger partial charge in [0.25, 0.3) is 0 Å². The van der Waals surface area contributed by atoms with Crippen molar-refractivity contribution < 1.29 is 9.84 Å². The molecule has 3 rings (SSSR count). The van der Waals surface area contributed by atoms with Crippen molar-refractivity contribution in [1.82, 2.24) is 9.80 Å². The summed E-state index contributed by atoms with van der Waals surface area (Å²) < 4.78 is 5.47. The van der Waals surface area contributed by atoms with Gasteiger partial charge in [-0.25, -0.2) is 0 Å². The number of likely N-dealkylation sites (N-methyl/N-ethyl adjacent to an activating group) is 1. The fourth-order valence-electron chi connectivity index (χ4n) is 3.60. The quantitative estimate of drug-likeness (QED) is 0.882. The molecule has 2 aromatic rings. The second kappa shape index (κ2) is 8.11. The lowest BCUT2D eigenvalue weighted by atomic mass is 9.93. The van der Waals surface area contributed by atoms with Crippen molar-refractivity contribution in [2.75, 3.05) is 40.3 Å². The number of nitrogens with zero attached hydrogens (tertiary/aromatic N) is 2. The van der Waals surface area contributed by atoms with Crippen LogP contribution in [0, 0.1) is 0 Å². The predicted octanol–water partition coefficient (Wildman–Crippen LogP) is 3.94. The molecule has 4 heteroatoms. The second-order valence-corrected chi connectivity index (χ2v) is 7.50.